The first-order valence-electron chi connectivity index (χ1n) is 4.27. The van der Waals surface area contributed by atoms with E-state index in [0.717, 1.165) is 11.8 Å². The van der Waals surface area contributed by atoms with E-state index in [1.807, 2.05) is 35.1 Å². The number of benzene rings is 1. The van der Waals surface area contributed by atoms with E-state index in [1.54, 1.807) is 0 Å². The van der Waals surface area contributed by atoms with Crippen LogP contribution in [0.5, 0.6) is 0 Å². The van der Waals surface area contributed by atoms with E-state index in [-0.39, 0.29) is 0 Å². The van der Waals surface area contributed by atoms with Crippen molar-refractivity contribution >= 4 is 16.1 Å². The molecular weight excluding hydrogens is 216 g/mol. The van der Waals surface area contributed by atoms with Crippen molar-refractivity contribution in [2.45, 2.75) is 6.54 Å². The lowest BCUT2D eigenvalue weighted by Gasteiger charge is -2.05. The van der Waals surface area contributed by atoms with E-state index in [2.05, 4.69) is 5.32 Å². The number of nitrogens with one attached hydrogen (secondary N) is 2. The fraction of sp³-hybridized carbons (Fsp3) is 0.222. The summed E-state index contributed by atoms with van der Waals surface area (Å²) in [4.78, 5) is 11.0. The van der Waals surface area contributed by atoms with Crippen LogP contribution in [0, 0.1) is 0 Å². The third-order valence-corrected chi connectivity index (χ3v) is 2.13. The van der Waals surface area contributed by atoms with Gasteiger partial charge in [-0.3, -0.25) is 0 Å². The zero-order valence-electron chi connectivity index (χ0n) is 8.23. The van der Waals surface area contributed by atoms with Gasteiger partial charge in [-0.25, -0.2) is 17.9 Å². The molecule has 2 amide bonds. The third-order valence-electron chi connectivity index (χ3n) is 1.57. The monoisotopic (exact) mass is 228 g/mol. The highest BCUT2D eigenvalue weighted by Crippen LogP contribution is 1.96. The summed E-state index contributed by atoms with van der Waals surface area (Å²) >= 11 is 0. The average Bonchev–Trinajstić information content (AvgIpc) is 2.14. The fourth-order valence-corrected chi connectivity index (χ4v) is 1.39. The van der Waals surface area contributed by atoms with Gasteiger partial charge in [0.1, 0.15) is 0 Å². The summed E-state index contributed by atoms with van der Waals surface area (Å²) in [5, 5.41) is 2.43. The highest BCUT2D eigenvalue weighted by atomic mass is 32.2. The maximum absolute atomic E-state index is 11.0. The Hall–Kier alpha value is -1.56. The van der Waals surface area contributed by atoms with Crippen LogP contribution < -0.4 is 10.0 Å². The minimum absolute atomic E-state index is 0.294. The fourth-order valence-electron chi connectivity index (χ4n) is 0.983. The summed E-state index contributed by atoms with van der Waals surface area (Å²) < 4.78 is 23.2. The molecule has 0 spiro atoms. The molecule has 0 atom stereocenters. The lowest BCUT2D eigenvalue weighted by atomic mass is 10.2. The SMILES string of the molecule is CS(=O)(=O)NC(=O)NCc1ccccc1. The summed E-state index contributed by atoms with van der Waals surface area (Å²) in [6, 6.07) is 8.49. The molecule has 5 nitrogen and oxygen atoms in total. The molecular formula is C9H12N2O3S. The average molecular weight is 228 g/mol. The van der Waals surface area contributed by atoms with Gasteiger partial charge in [-0.1, -0.05) is 30.3 Å². The van der Waals surface area contributed by atoms with Gasteiger partial charge < -0.3 is 5.32 Å². The Bertz CT molecular complexity index is 428. The highest BCUT2D eigenvalue weighted by molar-refractivity contribution is 7.89. The third kappa shape index (κ3) is 5.02. The molecule has 0 saturated heterocycles. The zero-order chi connectivity index (χ0) is 11.3. The van der Waals surface area contributed by atoms with Gasteiger partial charge in [0.25, 0.3) is 0 Å². The van der Waals surface area contributed by atoms with Gasteiger partial charge in [-0.2, -0.15) is 0 Å². The van der Waals surface area contributed by atoms with Crippen LogP contribution in [0.3, 0.4) is 0 Å². The number of hydrogen-bond acceptors (Lipinski definition) is 3. The van der Waals surface area contributed by atoms with Crippen LogP contribution in [0.15, 0.2) is 30.3 Å². The van der Waals surface area contributed by atoms with Crippen molar-refractivity contribution in [3.63, 3.8) is 0 Å². The standard InChI is InChI=1S/C9H12N2O3S/c1-15(13,14)11-9(12)10-7-8-5-3-2-4-6-8/h2-6H,7H2,1H3,(H2,10,11,12). The quantitative estimate of drug-likeness (QED) is 0.788. The summed E-state index contributed by atoms with van der Waals surface area (Å²) in [7, 11) is -3.49. The molecule has 2 N–H and O–H groups in total. The minimum atomic E-state index is -3.49. The van der Waals surface area contributed by atoms with Gasteiger partial charge in [0, 0.05) is 6.54 Å². The maximum atomic E-state index is 11.0. The van der Waals surface area contributed by atoms with Crippen LogP contribution >= 0.6 is 0 Å². The summed E-state index contributed by atoms with van der Waals surface area (Å²) in [5.74, 6) is 0. The molecule has 0 aliphatic carbocycles. The van der Waals surface area contributed by atoms with Gasteiger partial charge in [-0.05, 0) is 5.56 Å². The van der Waals surface area contributed by atoms with Crippen molar-refractivity contribution in [3.05, 3.63) is 35.9 Å². The molecule has 0 aromatic heterocycles. The second-order valence-corrected chi connectivity index (χ2v) is 4.79. The second-order valence-electron chi connectivity index (χ2n) is 3.04. The van der Waals surface area contributed by atoms with Crippen LogP contribution in [-0.4, -0.2) is 20.7 Å². The van der Waals surface area contributed by atoms with Crippen molar-refractivity contribution in [3.8, 4) is 0 Å². The zero-order valence-corrected chi connectivity index (χ0v) is 9.04. The number of urea groups is 1. The molecule has 0 radical (unpaired) electrons. The first-order valence-corrected chi connectivity index (χ1v) is 6.16. The molecule has 1 rings (SSSR count). The Balaban J connectivity index is 2.42. The van der Waals surface area contributed by atoms with E-state index in [4.69, 9.17) is 0 Å². The van der Waals surface area contributed by atoms with Crippen molar-refractivity contribution < 1.29 is 13.2 Å². The largest absolute Gasteiger partial charge is 0.333 e. The Labute approximate surface area is 88.5 Å². The van der Waals surface area contributed by atoms with Gasteiger partial charge in [0.15, 0.2) is 0 Å². The van der Waals surface area contributed by atoms with E-state index >= 15 is 0 Å². The van der Waals surface area contributed by atoms with Gasteiger partial charge in [0.05, 0.1) is 6.26 Å². The van der Waals surface area contributed by atoms with E-state index in [1.165, 1.54) is 0 Å². The molecule has 0 aliphatic rings. The summed E-state index contributed by atoms with van der Waals surface area (Å²) in [6.07, 6.45) is 0.926. The maximum Gasteiger partial charge on any atom is 0.328 e. The van der Waals surface area contributed by atoms with Gasteiger partial charge in [-0.15, -0.1) is 0 Å². The molecule has 0 aliphatic heterocycles. The molecule has 0 fully saturated rings. The number of hydrogen-bond donors (Lipinski definition) is 2. The molecule has 0 heterocycles. The number of rotatable bonds is 3. The number of carbonyl (C=O) groups excluding carboxylic acids is 1. The van der Waals surface area contributed by atoms with Crippen LogP contribution in [0.25, 0.3) is 0 Å². The normalized spacial score (nSPS) is 10.7. The molecule has 0 unspecified atom stereocenters. The highest BCUT2D eigenvalue weighted by Gasteiger charge is 2.06. The second kappa shape index (κ2) is 4.79. The van der Waals surface area contributed by atoms with Crippen LogP contribution in [0.4, 0.5) is 4.79 Å². The van der Waals surface area contributed by atoms with Gasteiger partial charge in [0.2, 0.25) is 10.0 Å². The van der Waals surface area contributed by atoms with Crippen LogP contribution in [0.2, 0.25) is 0 Å². The molecule has 1 aromatic carbocycles. The van der Waals surface area contributed by atoms with Crippen molar-refractivity contribution in [1.82, 2.24) is 10.0 Å². The summed E-state index contributed by atoms with van der Waals surface area (Å²) in [5.41, 5.74) is 0.904. The number of amides is 2. The number of sulfonamides is 1. The van der Waals surface area contributed by atoms with E-state index in [9.17, 15) is 13.2 Å². The summed E-state index contributed by atoms with van der Waals surface area (Å²) in [6.45, 7) is 0.294. The first kappa shape index (κ1) is 11.5. The van der Waals surface area contributed by atoms with Crippen molar-refractivity contribution in [2.75, 3.05) is 6.26 Å². The Morgan fingerprint density at radius 3 is 2.40 bits per heavy atom. The molecule has 82 valence electrons. The van der Waals surface area contributed by atoms with E-state index in [0.29, 0.717) is 6.54 Å². The molecule has 6 heteroatoms. The van der Waals surface area contributed by atoms with Crippen molar-refractivity contribution in [2.24, 2.45) is 0 Å². The van der Waals surface area contributed by atoms with Gasteiger partial charge >= 0.3 is 6.03 Å². The topological polar surface area (TPSA) is 75.3 Å². The number of carbonyl (C=O) groups is 1. The molecule has 0 saturated carbocycles. The molecule has 15 heavy (non-hydrogen) atoms. The lowest BCUT2D eigenvalue weighted by Crippen LogP contribution is -2.38. The Kier molecular flexibility index (Phi) is 3.68. The first-order chi connectivity index (χ1) is 6.97. The predicted molar refractivity (Wildman–Crippen MR) is 56.7 cm³/mol. The van der Waals surface area contributed by atoms with E-state index < -0.39 is 16.1 Å². The molecule has 1 aromatic rings. The van der Waals surface area contributed by atoms with Crippen LogP contribution in [0.1, 0.15) is 5.56 Å². The minimum Gasteiger partial charge on any atom is -0.333 e. The Morgan fingerprint density at radius 2 is 1.87 bits per heavy atom. The lowest BCUT2D eigenvalue weighted by molar-refractivity contribution is 0.245. The van der Waals surface area contributed by atoms with Crippen molar-refractivity contribution in [1.29, 1.82) is 0 Å². The predicted octanol–water partition coefficient (Wildman–Crippen LogP) is 0.445. The molecule has 0 bridgehead atoms. The smallest absolute Gasteiger partial charge is 0.328 e. The Morgan fingerprint density at radius 1 is 1.27 bits per heavy atom. The van der Waals surface area contributed by atoms with Crippen LogP contribution in [-0.2, 0) is 16.6 Å².